The van der Waals surface area contributed by atoms with Gasteiger partial charge in [-0.05, 0) is 103 Å². The van der Waals surface area contributed by atoms with E-state index in [4.69, 9.17) is 18.9 Å². The second-order valence-electron chi connectivity index (χ2n) is 14.1. The number of amides is 4. The molecule has 1 atom stereocenters. The summed E-state index contributed by atoms with van der Waals surface area (Å²) in [6.45, 7) is 5.59. The number of hydrogen-bond acceptors (Lipinski definition) is 12. The van der Waals surface area contributed by atoms with Gasteiger partial charge in [0.2, 0.25) is 11.8 Å². The Hall–Kier alpha value is -6.29. The molecule has 2 aliphatic rings. The predicted molar refractivity (Wildman–Crippen MR) is 218 cm³/mol. The molecular formula is C44H43N3O11S. The first-order chi connectivity index (χ1) is 28.4. The zero-order valence-corrected chi connectivity index (χ0v) is 33.3. The van der Waals surface area contributed by atoms with Gasteiger partial charge in [0.1, 0.15) is 48.0 Å². The summed E-state index contributed by atoms with van der Waals surface area (Å²) in [5.41, 5.74) is 1.87. The highest BCUT2D eigenvalue weighted by Gasteiger charge is 2.44. The number of fused-ring (bicyclic) bond motifs is 2. The molecule has 5 aromatic rings. The summed E-state index contributed by atoms with van der Waals surface area (Å²) in [7, 11) is -3.35. The topological polar surface area (TPSA) is 178 Å². The van der Waals surface area contributed by atoms with Crippen molar-refractivity contribution in [3.05, 3.63) is 108 Å². The Bertz CT molecular complexity index is 2510. The Labute approximate surface area is 341 Å². The van der Waals surface area contributed by atoms with Crippen LogP contribution in [0.2, 0.25) is 0 Å². The lowest BCUT2D eigenvalue weighted by atomic mass is 9.99. The number of nitrogens with zero attached hydrogens (tertiary/aromatic N) is 2. The number of nitrogens with one attached hydrogen (secondary N) is 1. The van der Waals surface area contributed by atoms with Gasteiger partial charge in [-0.1, -0.05) is 25.1 Å². The number of rotatable bonds is 17. The highest BCUT2D eigenvalue weighted by Crippen LogP contribution is 2.41. The molecule has 306 valence electrons. The summed E-state index contributed by atoms with van der Waals surface area (Å²) in [5, 5.41) is 13.8. The van der Waals surface area contributed by atoms with Gasteiger partial charge in [0, 0.05) is 36.7 Å². The molecule has 1 unspecified atom stereocenters. The van der Waals surface area contributed by atoms with E-state index in [0.717, 1.165) is 33.3 Å². The van der Waals surface area contributed by atoms with E-state index in [9.17, 15) is 32.7 Å². The van der Waals surface area contributed by atoms with Crippen LogP contribution in [-0.4, -0.2) is 105 Å². The molecule has 5 aromatic carbocycles. The van der Waals surface area contributed by atoms with E-state index in [1.807, 2.05) is 36.4 Å². The molecule has 0 aliphatic carbocycles. The summed E-state index contributed by atoms with van der Waals surface area (Å²) >= 11 is 0. The number of phenols is 1. The molecule has 0 bridgehead atoms. The number of carbonyl (C=O) groups is 4. The SMILES string of the molecule is CCN(CCOCCOc1ccc2c(c1)C(=O)N(C1CCC(=O)NC1=O)C2=O)CCOc1ccc(Oc2c(-c3ccc(S(C)(=O)=O)cc3)ccc3cc(O)ccc23)cc1. The van der Waals surface area contributed by atoms with Gasteiger partial charge < -0.3 is 24.1 Å². The van der Waals surface area contributed by atoms with Crippen LogP contribution in [0.5, 0.6) is 28.7 Å². The molecular weight excluding hydrogens is 779 g/mol. The molecule has 2 heterocycles. The molecule has 59 heavy (non-hydrogen) atoms. The predicted octanol–water partition coefficient (Wildman–Crippen LogP) is 5.61. The lowest BCUT2D eigenvalue weighted by Crippen LogP contribution is -2.54. The van der Waals surface area contributed by atoms with Gasteiger partial charge in [-0.15, -0.1) is 0 Å². The molecule has 1 fully saturated rings. The highest BCUT2D eigenvalue weighted by molar-refractivity contribution is 7.90. The number of piperidine rings is 1. The number of benzene rings is 5. The summed E-state index contributed by atoms with van der Waals surface area (Å²) < 4.78 is 48.1. The average Bonchev–Trinajstić information content (AvgIpc) is 3.46. The highest BCUT2D eigenvalue weighted by atomic mass is 32.2. The quantitative estimate of drug-likeness (QED) is 0.0878. The van der Waals surface area contributed by atoms with Crippen LogP contribution in [0.25, 0.3) is 21.9 Å². The molecule has 1 saturated heterocycles. The molecule has 14 nitrogen and oxygen atoms in total. The Morgan fingerprint density at radius 1 is 0.746 bits per heavy atom. The third-order valence-corrected chi connectivity index (χ3v) is 11.3. The first kappa shape index (κ1) is 40.9. The number of sulfone groups is 1. The molecule has 0 spiro atoms. The maximum atomic E-state index is 13.1. The second-order valence-corrected chi connectivity index (χ2v) is 16.1. The number of aromatic hydroxyl groups is 1. The van der Waals surface area contributed by atoms with Crippen molar-refractivity contribution in [3.63, 3.8) is 0 Å². The molecule has 0 saturated carbocycles. The number of ether oxygens (including phenoxy) is 4. The third-order valence-electron chi connectivity index (χ3n) is 10.2. The zero-order chi connectivity index (χ0) is 41.7. The summed E-state index contributed by atoms with van der Waals surface area (Å²) in [6, 6.07) is 26.3. The summed E-state index contributed by atoms with van der Waals surface area (Å²) in [4.78, 5) is 53.2. The Balaban J connectivity index is 0.862. The van der Waals surface area contributed by atoms with E-state index >= 15 is 0 Å². The van der Waals surface area contributed by atoms with Crippen LogP contribution < -0.4 is 19.5 Å². The lowest BCUT2D eigenvalue weighted by Gasteiger charge is -2.27. The van der Waals surface area contributed by atoms with Crippen molar-refractivity contribution in [2.45, 2.75) is 30.7 Å². The van der Waals surface area contributed by atoms with Crippen LogP contribution in [-0.2, 0) is 24.2 Å². The summed E-state index contributed by atoms with van der Waals surface area (Å²) in [6.07, 6.45) is 1.31. The normalized spacial score (nSPS) is 15.4. The van der Waals surface area contributed by atoms with Gasteiger partial charge in [-0.2, -0.15) is 0 Å². The lowest BCUT2D eigenvalue weighted by molar-refractivity contribution is -0.136. The van der Waals surface area contributed by atoms with Gasteiger partial charge in [0.05, 0.1) is 29.2 Å². The van der Waals surface area contributed by atoms with Crippen LogP contribution >= 0.6 is 0 Å². The number of hydrogen-bond donors (Lipinski definition) is 2. The van der Waals surface area contributed by atoms with Crippen molar-refractivity contribution in [3.8, 4) is 39.9 Å². The number of likely N-dealkylation sites (N-methyl/N-ethyl adjacent to an activating group) is 1. The van der Waals surface area contributed by atoms with Gasteiger partial charge in [0.25, 0.3) is 11.8 Å². The fourth-order valence-electron chi connectivity index (χ4n) is 7.00. The standard InChI is InChI=1S/C44H43N3O11S/c1-3-46(20-22-55-24-25-57-33-12-17-37-38(27-33)44(52)47(43(37)51)39-18-19-40(49)45-42(39)50)21-23-56-31-8-10-32(11-9-31)58-41-35(15-6-29-26-30(48)7-16-36(29)41)28-4-13-34(14-5-28)59(2,53)54/h4-17,26-27,39,48H,3,18-25H2,1-2H3,(H,45,49,50). The van der Waals surface area contributed by atoms with E-state index in [0.29, 0.717) is 55.9 Å². The Kier molecular flexibility index (Phi) is 12.3. The smallest absolute Gasteiger partial charge is 0.262 e. The van der Waals surface area contributed by atoms with Crippen LogP contribution in [0.3, 0.4) is 0 Å². The second kappa shape index (κ2) is 17.7. The minimum atomic E-state index is -3.35. The van der Waals surface area contributed by atoms with Crippen LogP contribution in [0.4, 0.5) is 0 Å². The van der Waals surface area contributed by atoms with E-state index in [-0.39, 0.29) is 41.2 Å². The molecule has 2 aliphatic heterocycles. The maximum absolute atomic E-state index is 13.1. The van der Waals surface area contributed by atoms with Crippen molar-refractivity contribution in [2.24, 2.45) is 0 Å². The zero-order valence-electron chi connectivity index (χ0n) is 32.5. The molecule has 0 radical (unpaired) electrons. The first-order valence-corrected chi connectivity index (χ1v) is 21.0. The van der Waals surface area contributed by atoms with Gasteiger partial charge >= 0.3 is 0 Å². The largest absolute Gasteiger partial charge is 0.508 e. The average molecular weight is 822 g/mol. The molecule has 15 heteroatoms. The van der Waals surface area contributed by atoms with E-state index in [2.05, 4.69) is 17.1 Å². The maximum Gasteiger partial charge on any atom is 0.262 e. The van der Waals surface area contributed by atoms with Gasteiger partial charge in [-0.25, -0.2) is 8.42 Å². The summed E-state index contributed by atoms with van der Waals surface area (Å²) in [5.74, 6) is 0.0733. The fourth-order valence-corrected chi connectivity index (χ4v) is 7.63. The van der Waals surface area contributed by atoms with Gasteiger partial charge in [-0.3, -0.25) is 34.3 Å². The van der Waals surface area contributed by atoms with Crippen molar-refractivity contribution >= 4 is 44.2 Å². The monoisotopic (exact) mass is 821 g/mol. The van der Waals surface area contributed by atoms with Crippen LogP contribution in [0.1, 0.15) is 40.5 Å². The molecule has 4 amide bonds. The Morgan fingerprint density at radius 3 is 2.15 bits per heavy atom. The van der Waals surface area contributed by atoms with E-state index in [1.165, 1.54) is 18.4 Å². The van der Waals surface area contributed by atoms with Crippen molar-refractivity contribution in [1.29, 1.82) is 0 Å². The first-order valence-electron chi connectivity index (χ1n) is 19.1. The molecule has 7 rings (SSSR count). The van der Waals surface area contributed by atoms with Crippen LogP contribution in [0, 0.1) is 0 Å². The minimum absolute atomic E-state index is 0.0514. The van der Waals surface area contributed by atoms with Crippen molar-refractivity contribution < 1.29 is 51.6 Å². The van der Waals surface area contributed by atoms with Crippen LogP contribution in [0.15, 0.2) is 102 Å². The fraction of sp³-hybridized carbons (Fsp3) is 0.273. The third kappa shape index (κ3) is 9.38. The van der Waals surface area contributed by atoms with Gasteiger partial charge in [0.15, 0.2) is 9.84 Å². The van der Waals surface area contributed by atoms with E-state index in [1.54, 1.807) is 48.5 Å². The number of phenolic OH excluding ortho intramolecular Hbond substituents is 1. The van der Waals surface area contributed by atoms with Crippen molar-refractivity contribution in [1.82, 2.24) is 15.1 Å². The van der Waals surface area contributed by atoms with Crippen molar-refractivity contribution in [2.75, 3.05) is 52.3 Å². The Morgan fingerprint density at radius 2 is 1.42 bits per heavy atom. The molecule has 0 aromatic heterocycles. The number of carbonyl (C=O) groups excluding carboxylic acids is 4. The number of imide groups is 2. The van der Waals surface area contributed by atoms with E-state index < -0.39 is 39.5 Å². The molecule has 2 N–H and O–H groups in total. The minimum Gasteiger partial charge on any atom is -0.508 e.